The van der Waals surface area contributed by atoms with E-state index >= 15 is 0 Å². The standard InChI is InChI=1S/C21H33NO2/c1-2-3-4-5-6-7-8-9-10-11-18-24-21(23)17-14-19-12-15-20(22)16-13-19/h12-17H,2-11,18,22H2,1H3. The van der Waals surface area contributed by atoms with Crippen molar-refractivity contribution in [3.8, 4) is 0 Å². The topological polar surface area (TPSA) is 52.3 Å². The van der Waals surface area contributed by atoms with Gasteiger partial charge in [0, 0.05) is 11.8 Å². The Hall–Kier alpha value is -1.77. The summed E-state index contributed by atoms with van der Waals surface area (Å²) in [5.41, 5.74) is 7.28. The van der Waals surface area contributed by atoms with Crippen molar-refractivity contribution in [1.29, 1.82) is 0 Å². The van der Waals surface area contributed by atoms with Crippen LogP contribution in [-0.2, 0) is 9.53 Å². The van der Waals surface area contributed by atoms with Crippen molar-refractivity contribution < 1.29 is 9.53 Å². The lowest BCUT2D eigenvalue weighted by Crippen LogP contribution is -2.02. The number of hydrogen-bond acceptors (Lipinski definition) is 3. The van der Waals surface area contributed by atoms with Crippen molar-refractivity contribution in [1.82, 2.24) is 0 Å². The summed E-state index contributed by atoms with van der Waals surface area (Å²) in [6, 6.07) is 7.38. The molecule has 0 aliphatic heterocycles. The Bertz CT molecular complexity index is 465. The van der Waals surface area contributed by atoms with E-state index in [-0.39, 0.29) is 5.97 Å². The van der Waals surface area contributed by atoms with Crippen molar-refractivity contribution in [2.24, 2.45) is 0 Å². The van der Waals surface area contributed by atoms with Gasteiger partial charge >= 0.3 is 5.97 Å². The van der Waals surface area contributed by atoms with Crippen molar-refractivity contribution in [3.05, 3.63) is 35.9 Å². The number of rotatable bonds is 13. The fraction of sp³-hybridized carbons (Fsp3) is 0.571. The highest BCUT2D eigenvalue weighted by Gasteiger charge is 1.98. The third kappa shape index (κ3) is 10.9. The summed E-state index contributed by atoms with van der Waals surface area (Å²) in [5.74, 6) is -0.275. The van der Waals surface area contributed by atoms with Gasteiger partial charge in [-0.1, -0.05) is 76.8 Å². The van der Waals surface area contributed by atoms with E-state index in [2.05, 4.69) is 6.92 Å². The number of hydrogen-bond donors (Lipinski definition) is 1. The Morgan fingerprint density at radius 2 is 1.46 bits per heavy atom. The van der Waals surface area contributed by atoms with Crippen molar-refractivity contribution in [2.45, 2.75) is 71.1 Å². The minimum Gasteiger partial charge on any atom is -0.463 e. The normalized spacial score (nSPS) is 11.0. The molecule has 0 saturated carbocycles. The number of carbonyl (C=O) groups excluding carboxylic acids is 1. The van der Waals surface area contributed by atoms with Crippen LogP contribution in [0.15, 0.2) is 30.3 Å². The summed E-state index contributed by atoms with van der Waals surface area (Å²) in [6.45, 7) is 2.77. The average Bonchev–Trinajstić information content (AvgIpc) is 2.59. The van der Waals surface area contributed by atoms with Crippen LogP contribution < -0.4 is 5.73 Å². The van der Waals surface area contributed by atoms with E-state index in [1.807, 2.05) is 24.3 Å². The molecule has 3 heteroatoms. The molecule has 0 fully saturated rings. The molecule has 0 spiro atoms. The zero-order valence-corrected chi connectivity index (χ0v) is 15.1. The molecule has 1 aromatic carbocycles. The molecule has 0 aliphatic rings. The second-order valence-corrected chi connectivity index (χ2v) is 6.35. The first-order valence-corrected chi connectivity index (χ1v) is 9.42. The Morgan fingerprint density at radius 3 is 2.04 bits per heavy atom. The molecule has 0 amide bonds. The van der Waals surface area contributed by atoms with Crippen LogP contribution in [0.1, 0.15) is 76.7 Å². The van der Waals surface area contributed by atoms with Gasteiger partial charge in [0.15, 0.2) is 0 Å². The number of esters is 1. The maximum atomic E-state index is 11.6. The van der Waals surface area contributed by atoms with Crippen LogP contribution in [0.4, 0.5) is 5.69 Å². The van der Waals surface area contributed by atoms with Gasteiger partial charge in [-0.15, -0.1) is 0 Å². The zero-order chi connectivity index (χ0) is 17.5. The van der Waals surface area contributed by atoms with Gasteiger partial charge in [0.05, 0.1) is 6.61 Å². The monoisotopic (exact) mass is 331 g/mol. The number of carbonyl (C=O) groups is 1. The van der Waals surface area contributed by atoms with Gasteiger partial charge in [-0.3, -0.25) is 0 Å². The van der Waals surface area contributed by atoms with Crippen molar-refractivity contribution in [2.75, 3.05) is 12.3 Å². The summed E-state index contributed by atoms with van der Waals surface area (Å²) in [4.78, 5) is 11.6. The molecule has 24 heavy (non-hydrogen) atoms. The molecule has 0 bridgehead atoms. The summed E-state index contributed by atoms with van der Waals surface area (Å²) in [7, 11) is 0. The first-order chi connectivity index (χ1) is 11.7. The number of anilines is 1. The fourth-order valence-corrected chi connectivity index (χ4v) is 2.58. The molecule has 134 valence electrons. The molecule has 0 heterocycles. The molecular formula is C21H33NO2. The fourth-order valence-electron chi connectivity index (χ4n) is 2.58. The number of benzene rings is 1. The number of ether oxygens (including phenoxy) is 1. The molecule has 2 N–H and O–H groups in total. The van der Waals surface area contributed by atoms with E-state index in [0.717, 1.165) is 24.1 Å². The largest absolute Gasteiger partial charge is 0.463 e. The molecule has 0 radical (unpaired) electrons. The Morgan fingerprint density at radius 1 is 0.917 bits per heavy atom. The predicted molar refractivity (Wildman–Crippen MR) is 103 cm³/mol. The third-order valence-electron chi connectivity index (χ3n) is 4.09. The minimum absolute atomic E-state index is 0.275. The van der Waals surface area contributed by atoms with Gasteiger partial charge in [-0.25, -0.2) is 4.79 Å². The van der Waals surface area contributed by atoms with Gasteiger partial charge in [0.25, 0.3) is 0 Å². The average molecular weight is 332 g/mol. The lowest BCUT2D eigenvalue weighted by molar-refractivity contribution is -0.137. The smallest absolute Gasteiger partial charge is 0.330 e. The van der Waals surface area contributed by atoms with Crippen LogP contribution in [0.3, 0.4) is 0 Å². The van der Waals surface area contributed by atoms with E-state index in [1.165, 1.54) is 57.4 Å². The maximum absolute atomic E-state index is 11.6. The first-order valence-electron chi connectivity index (χ1n) is 9.42. The van der Waals surface area contributed by atoms with E-state index in [9.17, 15) is 4.79 Å². The summed E-state index contributed by atoms with van der Waals surface area (Å²) >= 11 is 0. The Kier molecular flexibility index (Phi) is 11.5. The number of nitrogen functional groups attached to an aromatic ring is 1. The predicted octanol–water partition coefficient (Wildman–Crippen LogP) is 5.75. The summed E-state index contributed by atoms with van der Waals surface area (Å²) < 4.78 is 5.21. The van der Waals surface area contributed by atoms with Gasteiger partial charge in [-0.2, -0.15) is 0 Å². The van der Waals surface area contributed by atoms with Gasteiger partial charge in [0.1, 0.15) is 0 Å². The molecular weight excluding hydrogens is 298 g/mol. The van der Waals surface area contributed by atoms with E-state index in [0.29, 0.717) is 6.61 Å². The summed E-state index contributed by atoms with van der Waals surface area (Å²) in [5, 5.41) is 0. The van der Waals surface area contributed by atoms with Crippen LogP contribution in [0, 0.1) is 0 Å². The Labute approximate surface area is 147 Å². The Balaban J connectivity index is 1.95. The van der Waals surface area contributed by atoms with Crippen molar-refractivity contribution >= 4 is 17.7 Å². The van der Waals surface area contributed by atoms with Crippen LogP contribution >= 0.6 is 0 Å². The molecule has 0 unspecified atom stereocenters. The highest BCUT2D eigenvalue weighted by atomic mass is 16.5. The molecule has 1 rings (SSSR count). The lowest BCUT2D eigenvalue weighted by atomic mass is 10.1. The number of nitrogens with two attached hydrogens (primary N) is 1. The SMILES string of the molecule is CCCCCCCCCCCCOC(=O)C=Cc1ccc(N)cc1. The van der Waals surface area contributed by atoms with Crippen molar-refractivity contribution in [3.63, 3.8) is 0 Å². The van der Waals surface area contributed by atoms with E-state index < -0.39 is 0 Å². The van der Waals surface area contributed by atoms with E-state index in [4.69, 9.17) is 10.5 Å². The van der Waals surface area contributed by atoms with Crippen LogP contribution in [-0.4, -0.2) is 12.6 Å². The zero-order valence-electron chi connectivity index (χ0n) is 15.1. The number of unbranched alkanes of at least 4 members (excludes halogenated alkanes) is 9. The first kappa shape index (κ1) is 20.3. The molecule has 0 aromatic heterocycles. The van der Waals surface area contributed by atoms with Crippen LogP contribution in [0.5, 0.6) is 0 Å². The van der Waals surface area contributed by atoms with Crippen LogP contribution in [0.25, 0.3) is 6.08 Å². The maximum Gasteiger partial charge on any atom is 0.330 e. The molecule has 3 nitrogen and oxygen atoms in total. The highest BCUT2D eigenvalue weighted by Crippen LogP contribution is 2.11. The van der Waals surface area contributed by atoms with Gasteiger partial charge in [0.2, 0.25) is 0 Å². The molecule has 0 aliphatic carbocycles. The molecule has 0 atom stereocenters. The quantitative estimate of drug-likeness (QED) is 0.217. The second-order valence-electron chi connectivity index (χ2n) is 6.35. The third-order valence-corrected chi connectivity index (χ3v) is 4.09. The second kappa shape index (κ2) is 13.6. The lowest BCUT2D eigenvalue weighted by Gasteiger charge is -2.03. The minimum atomic E-state index is -0.275. The molecule has 0 saturated heterocycles. The van der Waals surface area contributed by atoms with Gasteiger partial charge < -0.3 is 10.5 Å². The van der Waals surface area contributed by atoms with Gasteiger partial charge in [-0.05, 0) is 30.2 Å². The highest BCUT2D eigenvalue weighted by molar-refractivity contribution is 5.87. The van der Waals surface area contributed by atoms with Crippen LogP contribution in [0.2, 0.25) is 0 Å². The summed E-state index contributed by atoms with van der Waals surface area (Å²) in [6.07, 6.45) is 16.0. The van der Waals surface area contributed by atoms with E-state index in [1.54, 1.807) is 6.08 Å². The molecule has 1 aromatic rings.